The van der Waals surface area contributed by atoms with Crippen LogP contribution in [-0.4, -0.2) is 34.0 Å². The van der Waals surface area contributed by atoms with Crippen LogP contribution in [0.15, 0.2) is 11.1 Å². The molecule has 90 valence electrons. The molecule has 0 atom stereocenters. The fourth-order valence-corrected chi connectivity index (χ4v) is 1.86. The van der Waals surface area contributed by atoms with Crippen LogP contribution in [0.2, 0.25) is 0 Å². The molecule has 2 N–H and O–H groups in total. The van der Waals surface area contributed by atoms with Crippen LogP contribution in [0, 0.1) is 0 Å². The number of aliphatic hydroxyl groups excluding tert-OH is 1. The zero-order chi connectivity index (χ0) is 11.8. The van der Waals surface area contributed by atoms with Crippen molar-refractivity contribution >= 4 is 17.6 Å². The lowest BCUT2D eigenvalue weighted by Crippen LogP contribution is -2.05. The van der Waals surface area contributed by atoms with Crippen molar-refractivity contribution in [1.82, 2.24) is 9.97 Å². The summed E-state index contributed by atoms with van der Waals surface area (Å²) in [6, 6.07) is 1.94. The van der Waals surface area contributed by atoms with Gasteiger partial charge in [-0.15, -0.1) is 11.8 Å². The standard InChI is InChI=1S/C11H19N3OS/c1-3-5-12-10-8-11(16-7-6-15)14-9(4-2)13-10/h8,15H,3-7H2,1-2H3,(H,12,13,14). The van der Waals surface area contributed by atoms with Gasteiger partial charge in [0.2, 0.25) is 0 Å². The monoisotopic (exact) mass is 241 g/mol. The van der Waals surface area contributed by atoms with E-state index in [1.165, 1.54) is 0 Å². The molecule has 1 aromatic heterocycles. The maximum Gasteiger partial charge on any atom is 0.131 e. The number of aliphatic hydroxyl groups is 1. The van der Waals surface area contributed by atoms with E-state index in [-0.39, 0.29) is 6.61 Å². The Labute approximate surface area is 101 Å². The predicted molar refractivity (Wildman–Crippen MR) is 68.0 cm³/mol. The van der Waals surface area contributed by atoms with Gasteiger partial charge in [-0.25, -0.2) is 9.97 Å². The molecule has 1 heterocycles. The number of hydrogen-bond acceptors (Lipinski definition) is 5. The van der Waals surface area contributed by atoms with Crippen molar-refractivity contribution in [2.24, 2.45) is 0 Å². The van der Waals surface area contributed by atoms with Gasteiger partial charge in [0.15, 0.2) is 0 Å². The first-order chi connectivity index (χ1) is 7.80. The Morgan fingerprint density at radius 1 is 1.38 bits per heavy atom. The SMILES string of the molecule is CCCNc1cc(SCCO)nc(CC)n1. The van der Waals surface area contributed by atoms with Crippen molar-refractivity contribution in [1.29, 1.82) is 0 Å². The maximum atomic E-state index is 8.78. The molecule has 0 aliphatic carbocycles. The Kier molecular flexibility index (Phi) is 6.18. The fraction of sp³-hybridized carbons (Fsp3) is 0.636. The summed E-state index contributed by atoms with van der Waals surface area (Å²) in [5, 5.41) is 13.0. The van der Waals surface area contributed by atoms with Gasteiger partial charge in [0, 0.05) is 24.8 Å². The highest BCUT2D eigenvalue weighted by molar-refractivity contribution is 7.99. The molecule has 5 heteroatoms. The summed E-state index contributed by atoms with van der Waals surface area (Å²) < 4.78 is 0. The van der Waals surface area contributed by atoms with Crippen molar-refractivity contribution in [3.8, 4) is 0 Å². The van der Waals surface area contributed by atoms with Gasteiger partial charge in [0.1, 0.15) is 16.7 Å². The molecule has 0 unspecified atom stereocenters. The van der Waals surface area contributed by atoms with Crippen LogP contribution in [0.3, 0.4) is 0 Å². The highest BCUT2D eigenvalue weighted by Gasteiger charge is 2.03. The van der Waals surface area contributed by atoms with E-state index in [4.69, 9.17) is 5.11 Å². The molecule has 0 aliphatic heterocycles. The molecule has 0 bridgehead atoms. The number of hydrogen-bond donors (Lipinski definition) is 2. The first-order valence-electron chi connectivity index (χ1n) is 5.65. The van der Waals surface area contributed by atoms with Crippen LogP contribution in [0.25, 0.3) is 0 Å². The van der Waals surface area contributed by atoms with Crippen LogP contribution in [0.5, 0.6) is 0 Å². The second kappa shape index (κ2) is 7.46. The number of aromatic nitrogens is 2. The molecular formula is C11H19N3OS. The molecule has 0 aliphatic rings. The highest BCUT2D eigenvalue weighted by Crippen LogP contribution is 2.18. The van der Waals surface area contributed by atoms with E-state index < -0.39 is 0 Å². The van der Waals surface area contributed by atoms with Crippen LogP contribution >= 0.6 is 11.8 Å². The predicted octanol–water partition coefficient (Wildman–Crippen LogP) is 1.95. The molecule has 0 spiro atoms. The van der Waals surface area contributed by atoms with E-state index in [0.29, 0.717) is 5.75 Å². The lowest BCUT2D eigenvalue weighted by molar-refractivity contribution is 0.322. The van der Waals surface area contributed by atoms with E-state index in [0.717, 1.165) is 36.1 Å². The van der Waals surface area contributed by atoms with Crippen molar-refractivity contribution in [3.05, 3.63) is 11.9 Å². The molecule has 0 amide bonds. The number of aryl methyl sites for hydroxylation is 1. The summed E-state index contributed by atoms with van der Waals surface area (Å²) in [6.07, 6.45) is 1.90. The van der Waals surface area contributed by atoms with E-state index in [1.807, 2.05) is 13.0 Å². The Hall–Kier alpha value is -0.810. The van der Waals surface area contributed by atoms with E-state index in [2.05, 4.69) is 22.2 Å². The first kappa shape index (κ1) is 13.3. The molecule has 0 saturated carbocycles. The first-order valence-corrected chi connectivity index (χ1v) is 6.64. The van der Waals surface area contributed by atoms with Gasteiger partial charge >= 0.3 is 0 Å². The summed E-state index contributed by atoms with van der Waals surface area (Å²) >= 11 is 1.56. The summed E-state index contributed by atoms with van der Waals surface area (Å²) in [4.78, 5) is 8.80. The van der Waals surface area contributed by atoms with Crippen LogP contribution in [0.4, 0.5) is 5.82 Å². The van der Waals surface area contributed by atoms with E-state index in [9.17, 15) is 0 Å². The van der Waals surface area contributed by atoms with Crippen LogP contribution in [-0.2, 0) is 6.42 Å². The van der Waals surface area contributed by atoms with Crippen LogP contribution < -0.4 is 5.32 Å². The Morgan fingerprint density at radius 3 is 2.81 bits per heavy atom. The normalized spacial score (nSPS) is 10.4. The average Bonchev–Trinajstić information content (AvgIpc) is 2.33. The van der Waals surface area contributed by atoms with Crippen molar-refractivity contribution in [3.63, 3.8) is 0 Å². The minimum absolute atomic E-state index is 0.174. The van der Waals surface area contributed by atoms with Crippen molar-refractivity contribution < 1.29 is 5.11 Å². The molecular weight excluding hydrogens is 222 g/mol. The topological polar surface area (TPSA) is 58.0 Å². The summed E-state index contributed by atoms with van der Waals surface area (Å²) in [5.41, 5.74) is 0. The molecule has 0 fully saturated rings. The van der Waals surface area contributed by atoms with Crippen LogP contribution in [0.1, 0.15) is 26.1 Å². The van der Waals surface area contributed by atoms with Gasteiger partial charge in [-0.2, -0.15) is 0 Å². The summed E-state index contributed by atoms with van der Waals surface area (Å²) in [7, 11) is 0. The van der Waals surface area contributed by atoms with E-state index in [1.54, 1.807) is 11.8 Å². The lowest BCUT2D eigenvalue weighted by atomic mass is 10.4. The van der Waals surface area contributed by atoms with Gasteiger partial charge in [0.25, 0.3) is 0 Å². The Balaban J connectivity index is 2.74. The zero-order valence-corrected chi connectivity index (χ0v) is 10.7. The average molecular weight is 241 g/mol. The van der Waals surface area contributed by atoms with Gasteiger partial charge in [0.05, 0.1) is 6.61 Å². The Morgan fingerprint density at radius 2 is 2.19 bits per heavy atom. The quantitative estimate of drug-likeness (QED) is 0.564. The molecule has 0 radical (unpaired) electrons. The zero-order valence-electron chi connectivity index (χ0n) is 9.86. The third-order valence-electron chi connectivity index (χ3n) is 1.96. The second-order valence-electron chi connectivity index (χ2n) is 3.36. The third-order valence-corrected chi connectivity index (χ3v) is 2.85. The molecule has 16 heavy (non-hydrogen) atoms. The van der Waals surface area contributed by atoms with Crippen molar-refractivity contribution in [2.45, 2.75) is 31.7 Å². The smallest absolute Gasteiger partial charge is 0.131 e. The van der Waals surface area contributed by atoms with Gasteiger partial charge in [-0.05, 0) is 6.42 Å². The molecule has 1 aromatic rings. The van der Waals surface area contributed by atoms with Gasteiger partial charge in [-0.1, -0.05) is 13.8 Å². The second-order valence-corrected chi connectivity index (χ2v) is 4.48. The Bertz CT molecular complexity index is 294. The molecule has 4 nitrogen and oxygen atoms in total. The summed E-state index contributed by atoms with van der Waals surface area (Å²) in [5.74, 6) is 2.41. The maximum absolute atomic E-state index is 8.78. The van der Waals surface area contributed by atoms with Gasteiger partial charge < -0.3 is 10.4 Å². The fourth-order valence-electron chi connectivity index (χ4n) is 1.20. The highest BCUT2D eigenvalue weighted by atomic mass is 32.2. The number of anilines is 1. The molecule has 1 rings (SSSR count). The minimum atomic E-state index is 0.174. The molecule has 0 aromatic carbocycles. The summed E-state index contributed by atoms with van der Waals surface area (Å²) in [6.45, 7) is 5.26. The number of thioether (sulfide) groups is 1. The largest absolute Gasteiger partial charge is 0.396 e. The molecule has 0 saturated heterocycles. The third kappa shape index (κ3) is 4.37. The van der Waals surface area contributed by atoms with Gasteiger partial charge in [-0.3, -0.25) is 0 Å². The number of nitrogens with one attached hydrogen (secondary N) is 1. The lowest BCUT2D eigenvalue weighted by Gasteiger charge is -2.07. The number of nitrogens with zero attached hydrogens (tertiary/aromatic N) is 2. The number of rotatable bonds is 7. The minimum Gasteiger partial charge on any atom is -0.396 e. The van der Waals surface area contributed by atoms with Crippen molar-refractivity contribution in [2.75, 3.05) is 24.2 Å². The van der Waals surface area contributed by atoms with E-state index >= 15 is 0 Å².